The number of rotatable bonds is 5. The number of hydrogen-bond donors (Lipinski definition) is 1. The molecule has 1 atom stereocenters. The summed E-state index contributed by atoms with van der Waals surface area (Å²) in [5.74, 6) is 1.20. The standard InChI is InChI=1S/C19H21N3O4/c23-19(7-5-14-4-6-17-18(9-14)26-13-25-17)21-15-10-20-22(11-15)12-16-3-1-2-8-24-16/h4-7,9-11,16H,1-3,8,12-13H2,(H,21,23)/b7-5+/t16-/m1/s1. The Hall–Kier alpha value is -2.80. The Morgan fingerprint density at radius 2 is 2.23 bits per heavy atom. The number of anilines is 1. The van der Waals surface area contributed by atoms with Crippen LogP contribution >= 0.6 is 0 Å². The lowest BCUT2D eigenvalue weighted by Gasteiger charge is -2.22. The van der Waals surface area contributed by atoms with E-state index in [1.807, 2.05) is 29.1 Å². The molecule has 0 spiro atoms. The van der Waals surface area contributed by atoms with Crippen LogP contribution < -0.4 is 14.8 Å². The minimum Gasteiger partial charge on any atom is -0.454 e. The third kappa shape index (κ3) is 4.05. The average Bonchev–Trinajstić information content (AvgIpc) is 3.29. The second kappa shape index (κ2) is 7.61. The van der Waals surface area contributed by atoms with Crippen molar-refractivity contribution in [2.75, 3.05) is 18.7 Å². The number of ether oxygens (including phenoxy) is 3. The number of benzene rings is 1. The number of amides is 1. The Kier molecular flexibility index (Phi) is 4.88. The summed E-state index contributed by atoms with van der Waals surface area (Å²) in [7, 11) is 0. The Labute approximate surface area is 151 Å². The molecule has 1 aromatic heterocycles. The first kappa shape index (κ1) is 16.7. The van der Waals surface area contributed by atoms with E-state index in [0.29, 0.717) is 18.0 Å². The first-order chi connectivity index (χ1) is 12.8. The summed E-state index contributed by atoms with van der Waals surface area (Å²) in [6, 6.07) is 5.55. The van der Waals surface area contributed by atoms with E-state index in [4.69, 9.17) is 14.2 Å². The maximum absolute atomic E-state index is 12.1. The van der Waals surface area contributed by atoms with Crippen LogP contribution in [0.4, 0.5) is 5.69 Å². The van der Waals surface area contributed by atoms with Crippen LogP contribution in [0.25, 0.3) is 6.08 Å². The quantitative estimate of drug-likeness (QED) is 0.835. The maximum Gasteiger partial charge on any atom is 0.248 e. The van der Waals surface area contributed by atoms with Crippen LogP contribution in [0.2, 0.25) is 0 Å². The average molecular weight is 355 g/mol. The number of carbonyl (C=O) groups is 1. The van der Waals surface area contributed by atoms with E-state index in [1.165, 1.54) is 12.5 Å². The van der Waals surface area contributed by atoms with Gasteiger partial charge in [0.1, 0.15) is 0 Å². The molecule has 7 heteroatoms. The van der Waals surface area contributed by atoms with E-state index in [0.717, 1.165) is 30.8 Å². The molecule has 1 fully saturated rings. The number of hydrogen-bond acceptors (Lipinski definition) is 5. The van der Waals surface area contributed by atoms with E-state index in [-0.39, 0.29) is 18.8 Å². The topological polar surface area (TPSA) is 74.6 Å². The molecule has 0 bridgehead atoms. The van der Waals surface area contributed by atoms with Gasteiger partial charge in [-0.05, 0) is 43.0 Å². The monoisotopic (exact) mass is 355 g/mol. The van der Waals surface area contributed by atoms with Crippen molar-refractivity contribution in [3.05, 3.63) is 42.2 Å². The van der Waals surface area contributed by atoms with Gasteiger partial charge in [-0.15, -0.1) is 0 Å². The summed E-state index contributed by atoms with van der Waals surface area (Å²) in [4.78, 5) is 12.1. The number of nitrogens with zero attached hydrogens (tertiary/aromatic N) is 2. The third-order valence-corrected chi connectivity index (χ3v) is 4.39. The summed E-state index contributed by atoms with van der Waals surface area (Å²) in [5, 5.41) is 7.10. The van der Waals surface area contributed by atoms with Crippen LogP contribution in [-0.2, 0) is 16.1 Å². The second-order valence-corrected chi connectivity index (χ2v) is 6.37. The van der Waals surface area contributed by atoms with Gasteiger partial charge in [-0.1, -0.05) is 6.07 Å². The molecular weight excluding hydrogens is 334 g/mol. The Balaban J connectivity index is 1.31. The van der Waals surface area contributed by atoms with Crippen LogP contribution in [0.3, 0.4) is 0 Å². The molecule has 2 aliphatic rings. The van der Waals surface area contributed by atoms with Gasteiger partial charge in [0.2, 0.25) is 12.7 Å². The van der Waals surface area contributed by atoms with Gasteiger partial charge in [-0.2, -0.15) is 5.10 Å². The highest BCUT2D eigenvalue weighted by Gasteiger charge is 2.15. The summed E-state index contributed by atoms with van der Waals surface area (Å²) < 4.78 is 18.1. The summed E-state index contributed by atoms with van der Waals surface area (Å²) >= 11 is 0. The van der Waals surface area contributed by atoms with E-state index in [2.05, 4.69) is 10.4 Å². The minimum atomic E-state index is -0.212. The molecule has 7 nitrogen and oxygen atoms in total. The molecule has 1 amide bonds. The molecule has 1 N–H and O–H groups in total. The van der Waals surface area contributed by atoms with Crippen LogP contribution in [0.5, 0.6) is 11.5 Å². The normalized spacial score (nSPS) is 19.0. The Morgan fingerprint density at radius 1 is 1.31 bits per heavy atom. The van der Waals surface area contributed by atoms with Gasteiger partial charge in [0.15, 0.2) is 11.5 Å². The van der Waals surface area contributed by atoms with Crippen molar-refractivity contribution in [3.63, 3.8) is 0 Å². The maximum atomic E-state index is 12.1. The zero-order valence-corrected chi connectivity index (χ0v) is 14.4. The van der Waals surface area contributed by atoms with Crippen molar-refractivity contribution in [2.45, 2.75) is 31.9 Å². The SMILES string of the molecule is O=C(/C=C/c1ccc2c(c1)OCO2)Nc1cnn(C[C@H]2CCCCO2)c1. The van der Waals surface area contributed by atoms with Gasteiger partial charge in [-0.3, -0.25) is 9.48 Å². The number of aromatic nitrogens is 2. The van der Waals surface area contributed by atoms with Gasteiger partial charge >= 0.3 is 0 Å². The first-order valence-corrected chi connectivity index (χ1v) is 8.79. The van der Waals surface area contributed by atoms with E-state index < -0.39 is 0 Å². The number of carbonyl (C=O) groups excluding carboxylic acids is 1. The minimum absolute atomic E-state index is 0.207. The molecule has 1 aromatic carbocycles. The van der Waals surface area contributed by atoms with Crippen molar-refractivity contribution < 1.29 is 19.0 Å². The van der Waals surface area contributed by atoms with E-state index in [1.54, 1.807) is 12.3 Å². The Morgan fingerprint density at radius 3 is 3.12 bits per heavy atom. The van der Waals surface area contributed by atoms with Crippen LogP contribution in [0.1, 0.15) is 24.8 Å². The molecule has 0 aliphatic carbocycles. The van der Waals surface area contributed by atoms with Gasteiger partial charge in [0, 0.05) is 18.9 Å². The summed E-state index contributed by atoms with van der Waals surface area (Å²) in [6.45, 7) is 1.77. The smallest absolute Gasteiger partial charge is 0.248 e. The fourth-order valence-corrected chi connectivity index (χ4v) is 3.06. The lowest BCUT2D eigenvalue weighted by Crippen LogP contribution is -2.24. The molecule has 2 aromatic rings. The number of fused-ring (bicyclic) bond motifs is 1. The molecule has 0 saturated carbocycles. The van der Waals surface area contributed by atoms with Crippen LogP contribution in [0.15, 0.2) is 36.7 Å². The summed E-state index contributed by atoms with van der Waals surface area (Å²) in [5.41, 5.74) is 1.54. The predicted molar refractivity (Wildman–Crippen MR) is 96.0 cm³/mol. The molecule has 2 aliphatic heterocycles. The summed E-state index contributed by atoms with van der Waals surface area (Å²) in [6.07, 6.45) is 10.3. The molecule has 0 radical (unpaired) electrons. The third-order valence-electron chi connectivity index (χ3n) is 4.39. The number of nitrogens with one attached hydrogen (secondary N) is 1. The zero-order valence-electron chi connectivity index (χ0n) is 14.4. The van der Waals surface area contributed by atoms with E-state index >= 15 is 0 Å². The van der Waals surface area contributed by atoms with Gasteiger partial charge in [0.05, 0.1) is 24.5 Å². The van der Waals surface area contributed by atoms with Crippen LogP contribution in [-0.4, -0.2) is 35.2 Å². The molecule has 0 unspecified atom stereocenters. The molecular formula is C19H21N3O4. The Bertz CT molecular complexity index is 809. The zero-order chi connectivity index (χ0) is 17.8. The van der Waals surface area contributed by atoms with Gasteiger partial charge in [0.25, 0.3) is 0 Å². The predicted octanol–water partition coefficient (Wildman–Crippen LogP) is 2.83. The van der Waals surface area contributed by atoms with E-state index in [9.17, 15) is 4.79 Å². The molecule has 4 rings (SSSR count). The fraction of sp³-hybridized carbons (Fsp3) is 0.368. The lowest BCUT2D eigenvalue weighted by molar-refractivity contribution is -0.111. The molecule has 26 heavy (non-hydrogen) atoms. The van der Waals surface area contributed by atoms with Crippen LogP contribution in [0, 0.1) is 0 Å². The highest BCUT2D eigenvalue weighted by molar-refractivity contribution is 6.01. The largest absolute Gasteiger partial charge is 0.454 e. The molecule has 136 valence electrons. The highest BCUT2D eigenvalue weighted by Crippen LogP contribution is 2.32. The van der Waals surface area contributed by atoms with Crippen molar-refractivity contribution in [1.29, 1.82) is 0 Å². The second-order valence-electron chi connectivity index (χ2n) is 6.37. The van der Waals surface area contributed by atoms with Gasteiger partial charge in [-0.25, -0.2) is 0 Å². The molecule has 1 saturated heterocycles. The van der Waals surface area contributed by atoms with Crippen molar-refractivity contribution in [3.8, 4) is 11.5 Å². The van der Waals surface area contributed by atoms with Gasteiger partial charge < -0.3 is 19.5 Å². The van der Waals surface area contributed by atoms with Crippen molar-refractivity contribution >= 4 is 17.7 Å². The highest BCUT2D eigenvalue weighted by atomic mass is 16.7. The fourth-order valence-electron chi connectivity index (χ4n) is 3.06. The molecule has 3 heterocycles. The first-order valence-electron chi connectivity index (χ1n) is 8.79. The van der Waals surface area contributed by atoms with Crippen molar-refractivity contribution in [2.24, 2.45) is 0 Å². The van der Waals surface area contributed by atoms with Crippen molar-refractivity contribution in [1.82, 2.24) is 9.78 Å². The lowest BCUT2D eigenvalue weighted by atomic mass is 10.1.